The van der Waals surface area contributed by atoms with Gasteiger partial charge in [-0.25, -0.2) is 4.99 Å². The summed E-state index contributed by atoms with van der Waals surface area (Å²) >= 11 is 0. The number of amidine groups is 1. The quantitative estimate of drug-likeness (QED) is 0.506. The smallest absolute Gasteiger partial charge is 0.237 e. The topological polar surface area (TPSA) is 103 Å². The fourth-order valence-electron chi connectivity index (χ4n) is 4.01. The van der Waals surface area contributed by atoms with Crippen LogP contribution in [0.25, 0.3) is 5.57 Å². The monoisotopic (exact) mass is 424 g/mol. The van der Waals surface area contributed by atoms with Gasteiger partial charge < -0.3 is 16.0 Å². The molecule has 1 aromatic carbocycles. The lowest BCUT2D eigenvalue weighted by Gasteiger charge is -2.28. The molecule has 0 aromatic heterocycles. The van der Waals surface area contributed by atoms with Gasteiger partial charge in [-0.15, -0.1) is 0 Å². The van der Waals surface area contributed by atoms with Crippen LogP contribution in [0.15, 0.2) is 40.3 Å². The molecule has 1 atom stereocenters. The molecular formula is C23H32N6O2. The molecule has 3 rings (SSSR count). The summed E-state index contributed by atoms with van der Waals surface area (Å²) in [5.41, 5.74) is 9.17. The molecule has 0 radical (unpaired) electrons. The molecule has 1 saturated heterocycles. The van der Waals surface area contributed by atoms with Gasteiger partial charge in [0, 0.05) is 38.8 Å². The molecule has 1 aromatic rings. The normalized spacial score (nSPS) is 20.2. The van der Waals surface area contributed by atoms with E-state index in [9.17, 15) is 9.59 Å². The van der Waals surface area contributed by atoms with Crippen molar-refractivity contribution in [1.82, 2.24) is 15.1 Å². The highest BCUT2D eigenvalue weighted by Crippen LogP contribution is 2.23. The van der Waals surface area contributed by atoms with Crippen molar-refractivity contribution in [2.24, 2.45) is 21.6 Å². The third kappa shape index (κ3) is 6.01. The molecule has 166 valence electrons. The Kier molecular flexibility index (Phi) is 7.94. The fraction of sp³-hybridized carbons (Fsp3) is 0.478. The Morgan fingerprint density at radius 1 is 1.26 bits per heavy atom. The molecule has 2 amide bonds. The van der Waals surface area contributed by atoms with Gasteiger partial charge in [-0.1, -0.05) is 30.3 Å². The van der Waals surface area contributed by atoms with Gasteiger partial charge in [-0.2, -0.15) is 0 Å². The van der Waals surface area contributed by atoms with Gasteiger partial charge in [0.1, 0.15) is 12.2 Å². The summed E-state index contributed by atoms with van der Waals surface area (Å²) < 4.78 is 0. The number of likely N-dealkylation sites (tertiary alicyclic amines) is 1. The van der Waals surface area contributed by atoms with Gasteiger partial charge in [-0.3, -0.25) is 19.5 Å². The predicted molar refractivity (Wildman–Crippen MR) is 124 cm³/mol. The second-order valence-electron chi connectivity index (χ2n) is 7.90. The van der Waals surface area contributed by atoms with Crippen LogP contribution >= 0.6 is 0 Å². The van der Waals surface area contributed by atoms with E-state index in [4.69, 9.17) is 5.73 Å². The Bertz CT molecular complexity index is 875. The van der Waals surface area contributed by atoms with Gasteiger partial charge in [0.2, 0.25) is 11.8 Å². The highest BCUT2D eigenvalue weighted by atomic mass is 16.2. The molecule has 0 unspecified atom stereocenters. The Hall–Kier alpha value is -3.00. The number of hydrogen-bond donors (Lipinski definition) is 2. The van der Waals surface area contributed by atoms with Crippen LogP contribution in [0, 0.1) is 5.92 Å². The van der Waals surface area contributed by atoms with Gasteiger partial charge in [0.05, 0.1) is 12.5 Å². The van der Waals surface area contributed by atoms with Crippen LogP contribution < -0.4 is 11.1 Å². The number of nitrogens with zero attached hydrogens (tertiary/aromatic N) is 4. The SMILES string of the molecule is CCNC(=O)[C@@H]1CCN(CC(=O)N2CC=C(c3ccc(C(N)=NC=NC)cc3)CC2)C1. The second-order valence-corrected chi connectivity index (χ2v) is 7.90. The molecule has 0 spiro atoms. The van der Waals surface area contributed by atoms with Crippen molar-refractivity contribution >= 4 is 29.6 Å². The van der Waals surface area contributed by atoms with Gasteiger partial charge in [0.25, 0.3) is 0 Å². The molecule has 2 heterocycles. The van der Waals surface area contributed by atoms with Crippen LogP contribution in [0.3, 0.4) is 0 Å². The van der Waals surface area contributed by atoms with Crippen LogP contribution in [-0.2, 0) is 9.59 Å². The highest BCUT2D eigenvalue weighted by Gasteiger charge is 2.30. The van der Waals surface area contributed by atoms with E-state index in [0.29, 0.717) is 38.6 Å². The lowest BCUT2D eigenvalue weighted by molar-refractivity contribution is -0.132. The number of benzene rings is 1. The standard InChI is InChI=1S/C23H32N6O2/c1-3-26-23(31)20-8-11-28(14-20)15-21(30)29-12-9-18(10-13-29)17-4-6-19(7-5-17)22(24)27-16-25-2/h4-7,9,16,20H,3,8,10-15H2,1-2H3,(H,26,31)(H2,24,25,27)/t20-/m1/s1. The summed E-state index contributed by atoms with van der Waals surface area (Å²) in [6.45, 7) is 5.73. The summed E-state index contributed by atoms with van der Waals surface area (Å²) in [5.74, 6) is 0.657. The lowest BCUT2D eigenvalue weighted by Crippen LogP contribution is -2.42. The Morgan fingerprint density at radius 3 is 2.68 bits per heavy atom. The minimum Gasteiger partial charge on any atom is -0.383 e. The van der Waals surface area contributed by atoms with Crippen molar-refractivity contribution in [2.45, 2.75) is 19.8 Å². The Labute approximate surface area is 183 Å². The first-order chi connectivity index (χ1) is 15.0. The van der Waals surface area contributed by atoms with E-state index < -0.39 is 0 Å². The molecule has 8 heteroatoms. The maximum Gasteiger partial charge on any atom is 0.237 e. The van der Waals surface area contributed by atoms with E-state index in [0.717, 1.165) is 30.5 Å². The number of rotatable bonds is 7. The van der Waals surface area contributed by atoms with E-state index in [-0.39, 0.29) is 17.7 Å². The highest BCUT2D eigenvalue weighted by molar-refractivity contribution is 6.01. The second kappa shape index (κ2) is 10.9. The van der Waals surface area contributed by atoms with Crippen molar-refractivity contribution < 1.29 is 9.59 Å². The van der Waals surface area contributed by atoms with Crippen molar-refractivity contribution in [3.63, 3.8) is 0 Å². The van der Waals surface area contributed by atoms with Crippen molar-refractivity contribution in [2.75, 3.05) is 46.3 Å². The molecule has 2 aliphatic heterocycles. The van der Waals surface area contributed by atoms with E-state index in [2.05, 4.69) is 26.3 Å². The molecule has 0 bridgehead atoms. The van der Waals surface area contributed by atoms with Crippen LogP contribution in [-0.4, -0.2) is 80.1 Å². The number of nitrogens with one attached hydrogen (secondary N) is 1. The first-order valence-corrected chi connectivity index (χ1v) is 10.8. The maximum absolute atomic E-state index is 12.7. The Balaban J connectivity index is 1.52. The summed E-state index contributed by atoms with van der Waals surface area (Å²) in [4.78, 5) is 36.6. The zero-order chi connectivity index (χ0) is 22.2. The molecule has 8 nitrogen and oxygen atoms in total. The number of carbonyl (C=O) groups is 2. The molecule has 2 aliphatic rings. The minimum atomic E-state index is -0.00286. The number of amides is 2. The summed E-state index contributed by atoms with van der Waals surface area (Å²) in [6.07, 6.45) is 5.19. The van der Waals surface area contributed by atoms with Crippen LogP contribution in [0.1, 0.15) is 30.9 Å². The lowest BCUT2D eigenvalue weighted by atomic mass is 9.98. The molecule has 3 N–H and O–H groups in total. The van der Waals surface area contributed by atoms with Crippen molar-refractivity contribution in [3.05, 3.63) is 41.5 Å². The zero-order valence-electron chi connectivity index (χ0n) is 18.4. The fourth-order valence-corrected chi connectivity index (χ4v) is 4.01. The first kappa shape index (κ1) is 22.7. The predicted octanol–water partition coefficient (Wildman–Crippen LogP) is 1.12. The number of nitrogens with two attached hydrogens (primary N) is 1. The van der Waals surface area contributed by atoms with E-state index in [1.807, 2.05) is 36.1 Å². The van der Waals surface area contributed by atoms with Crippen LogP contribution in [0.5, 0.6) is 0 Å². The van der Waals surface area contributed by atoms with E-state index >= 15 is 0 Å². The molecule has 31 heavy (non-hydrogen) atoms. The summed E-state index contributed by atoms with van der Waals surface area (Å²) in [7, 11) is 1.65. The number of hydrogen-bond acceptors (Lipinski definition) is 4. The first-order valence-electron chi connectivity index (χ1n) is 10.8. The van der Waals surface area contributed by atoms with Crippen LogP contribution in [0.2, 0.25) is 0 Å². The third-order valence-electron chi connectivity index (χ3n) is 5.78. The van der Waals surface area contributed by atoms with E-state index in [1.165, 1.54) is 11.9 Å². The number of carbonyl (C=O) groups excluding carboxylic acids is 2. The average molecular weight is 425 g/mol. The third-order valence-corrected chi connectivity index (χ3v) is 5.78. The largest absolute Gasteiger partial charge is 0.383 e. The maximum atomic E-state index is 12.7. The van der Waals surface area contributed by atoms with Crippen molar-refractivity contribution in [3.8, 4) is 0 Å². The van der Waals surface area contributed by atoms with Gasteiger partial charge in [0.15, 0.2) is 0 Å². The number of aliphatic imine (C=N–C) groups is 2. The zero-order valence-corrected chi connectivity index (χ0v) is 18.4. The molecule has 0 saturated carbocycles. The van der Waals surface area contributed by atoms with Gasteiger partial charge >= 0.3 is 0 Å². The Morgan fingerprint density at radius 2 is 2.03 bits per heavy atom. The minimum absolute atomic E-state index is 0.00286. The van der Waals surface area contributed by atoms with Gasteiger partial charge in [-0.05, 0) is 37.4 Å². The van der Waals surface area contributed by atoms with Crippen molar-refractivity contribution in [1.29, 1.82) is 0 Å². The van der Waals surface area contributed by atoms with Crippen LogP contribution in [0.4, 0.5) is 0 Å². The average Bonchev–Trinajstić information content (AvgIpc) is 3.26. The summed E-state index contributed by atoms with van der Waals surface area (Å²) in [6, 6.07) is 7.98. The molecule has 0 aliphatic carbocycles. The molecule has 1 fully saturated rings. The molecular weight excluding hydrogens is 392 g/mol. The summed E-state index contributed by atoms with van der Waals surface area (Å²) in [5, 5.41) is 2.88. The van der Waals surface area contributed by atoms with E-state index in [1.54, 1.807) is 7.05 Å².